The number of hydrogen-bond donors (Lipinski definition) is 2. The molecule has 1 atom stereocenters. The molecular weight excluding hydrogens is 284 g/mol. The highest BCUT2D eigenvalue weighted by molar-refractivity contribution is 5.75. The second-order valence-electron chi connectivity index (χ2n) is 4.99. The Labute approximate surface area is 130 Å². The number of ether oxygens (including phenoxy) is 1. The van der Waals surface area contributed by atoms with Crippen LogP contribution in [0.1, 0.15) is 12.5 Å². The number of nitrogens with one attached hydrogen (secondary N) is 1. The van der Waals surface area contributed by atoms with Gasteiger partial charge in [0.15, 0.2) is 0 Å². The predicted octanol–water partition coefficient (Wildman–Crippen LogP) is 2.11. The molecule has 0 aromatic heterocycles. The zero-order valence-corrected chi connectivity index (χ0v) is 12.9. The molecule has 0 aliphatic carbocycles. The van der Waals surface area contributed by atoms with Crippen molar-refractivity contribution < 1.29 is 19.4 Å². The van der Waals surface area contributed by atoms with Crippen LogP contribution in [0.3, 0.4) is 0 Å². The van der Waals surface area contributed by atoms with Crippen LogP contribution in [0.4, 0.5) is 4.79 Å². The lowest BCUT2D eigenvalue weighted by molar-refractivity contribution is -0.141. The maximum Gasteiger partial charge on any atom is 0.317 e. The lowest BCUT2D eigenvalue weighted by atomic mass is 10.2. The van der Waals surface area contributed by atoms with Crippen LogP contribution in [0.15, 0.2) is 36.9 Å². The van der Waals surface area contributed by atoms with Crippen molar-refractivity contribution in [1.29, 1.82) is 0 Å². The molecular formula is C16H22N2O4. The Morgan fingerprint density at radius 3 is 2.77 bits per heavy atom. The van der Waals surface area contributed by atoms with Crippen molar-refractivity contribution in [3.8, 4) is 5.75 Å². The number of aliphatic carboxylic acids is 1. The van der Waals surface area contributed by atoms with Gasteiger partial charge in [0.25, 0.3) is 0 Å². The van der Waals surface area contributed by atoms with E-state index in [1.807, 2.05) is 24.3 Å². The van der Waals surface area contributed by atoms with Gasteiger partial charge >= 0.3 is 12.0 Å². The normalized spacial score (nSPS) is 11.4. The lowest BCUT2D eigenvalue weighted by Crippen LogP contribution is -2.40. The first-order valence-corrected chi connectivity index (χ1v) is 6.99. The average molecular weight is 306 g/mol. The predicted molar refractivity (Wildman–Crippen MR) is 83.8 cm³/mol. The molecule has 2 N–H and O–H groups in total. The summed E-state index contributed by atoms with van der Waals surface area (Å²) in [6.07, 6.45) is 1.65. The van der Waals surface area contributed by atoms with Gasteiger partial charge in [-0.2, -0.15) is 0 Å². The van der Waals surface area contributed by atoms with Crippen molar-refractivity contribution in [3.63, 3.8) is 0 Å². The number of para-hydroxylation sites is 1. The first kappa shape index (κ1) is 17.6. The molecule has 1 aromatic carbocycles. The Hall–Kier alpha value is -2.50. The number of nitrogens with zero attached hydrogens (tertiary/aromatic N) is 1. The third-order valence-corrected chi connectivity index (χ3v) is 3.08. The lowest BCUT2D eigenvalue weighted by Gasteiger charge is -2.20. The number of carbonyl (C=O) groups is 2. The Balaban J connectivity index is 2.56. The Morgan fingerprint density at radius 2 is 2.14 bits per heavy atom. The number of hydrogen-bond acceptors (Lipinski definition) is 3. The summed E-state index contributed by atoms with van der Waals surface area (Å²) >= 11 is 0. The van der Waals surface area contributed by atoms with E-state index in [2.05, 4.69) is 11.9 Å². The van der Waals surface area contributed by atoms with Gasteiger partial charge in [0.05, 0.1) is 5.92 Å². The van der Waals surface area contributed by atoms with Crippen molar-refractivity contribution in [3.05, 3.63) is 42.5 Å². The Bertz CT molecular complexity index is 531. The summed E-state index contributed by atoms with van der Waals surface area (Å²) < 4.78 is 5.51. The van der Waals surface area contributed by atoms with E-state index in [1.165, 1.54) is 4.90 Å². The number of carboxylic acid groups (broad SMARTS) is 1. The van der Waals surface area contributed by atoms with E-state index in [0.29, 0.717) is 18.9 Å². The smallest absolute Gasteiger partial charge is 0.317 e. The standard InChI is InChI=1S/C16H22N2O4/c1-4-9-22-14-8-6-5-7-13(14)10-17-16(21)18(3)11-12(2)15(19)20/h4-8,12H,1,9-11H2,2-3H3,(H,17,21)(H,19,20). The molecule has 1 rings (SSSR count). The van der Waals surface area contributed by atoms with Crippen molar-refractivity contribution in [2.45, 2.75) is 13.5 Å². The maximum absolute atomic E-state index is 12.0. The molecule has 0 heterocycles. The molecule has 6 heteroatoms. The van der Waals surface area contributed by atoms with Crippen molar-refractivity contribution in [2.24, 2.45) is 5.92 Å². The molecule has 0 fully saturated rings. The minimum Gasteiger partial charge on any atom is -0.489 e. The monoisotopic (exact) mass is 306 g/mol. The third-order valence-electron chi connectivity index (χ3n) is 3.08. The zero-order valence-electron chi connectivity index (χ0n) is 12.9. The van der Waals surface area contributed by atoms with Crippen LogP contribution >= 0.6 is 0 Å². The van der Waals surface area contributed by atoms with Gasteiger partial charge in [-0.1, -0.05) is 37.8 Å². The molecule has 6 nitrogen and oxygen atoms in total. The van der Waals surface area contributed by atoms with Crippen molar-refractivity contribution in [1.82, 2.24) is 10.2 Å². The molecule has 0 aliphatic heterocycles. The SMILES string of the molecule is C=CCOc1ccccc1CNC(=O)N(C)CC(C)C(=O)O. The number of amides is 2. The number of rotatable bonds is 8. The molecule has 0 radical (unpaired) electrons. The van der Waals surface area contributed by atoms with Gasteiger partial charge in [0.1, 0.15) is 12.4 Å². The summed E-state index contributed by atoms with van der Waals surface area (Å²) in [7, 11) is 1.56. The van der Waals surface area contributed by atoms with Crippen LogP contribution in [0.25, 0.3) is 0 Å². The fourth-order valence-corrected chi connectivity index (χ4v) is 1.82. The van der Waals surface area contributed by atoms with Crippen LogP contribution in [0.2, 0.25) is 0 Å². The number of carbonyl (C=O) groups excluding carboxylic acids is 1. The average Bonchev–Trinajstić information content (AvgIpc) is 2.50. The van der Waals surface area contributed by atoms with E-state index in [9.17, 15) is 9.59 Å². The van der Waals surface area contributed by atoms with Gasteiger partial charge < -0.3 is 20.1 Å². The van der Waals surface area contributed by atoms with Crippen molar-refractivity contribution >= 4 is 12.0 Å². The Kier molecular flexibility index (Phi) is 6.95. The highest BCUT2D eigenvalue weighted by Crippen LogP contribution is 2.17. The molecule has 0 bridgehead atoms. The summed E-state index contributed by atoms with van der Waals surface area (Å²) in [6, 6.07) is 7.06. The highest BCUT2D eigenvalue weighted by Gasteiger charge is 2.17. The number of benzene rings is 1. The summed E-state index contributed by atoms with van der Waals surface area (Å²) in [5, 5.41) is 11.6. The quantitative estimate of drug-likeness (QED) is 0.721. The first-order chi connectivity index (χ1) is 10.5. The zero-order chi connectivity index (χ0) is 16.5. The molecule has 22 heavy (non-hydrogen) atoms. The van der Waals surface area contributed by atoms with Crippen molar-refractivity contribution in [2.75, 3.05) is 20.2 Å². The summed E-state index contributed by atoms with van der Waals surface area (Å²) in [6.45, 7) is 6.00. The molecule has 0 spiro atoms. The molecule has 1 unspecified atom stereocenters. The van der Waals surface area contributed by atoms with E-state index in [4.69, 9.17) is 9.84 Å². The minimum atomic E-state index is -0.928. The molecule has 0 saturated carbocycles. The fourth-order valence-electron chi connectivity index (χ4n) is 1.82. The molecule has 120 valence electrons. The second kappa shape index (κ2) is 8.71. The minimum absolute atomic E-state index is 0.149. The van der Waals surface area contributed by atoms with Gasteiger partial charge in [-0.25, -0.2) is 4.79 Å². The number of carboxylic acids is 1. The topological polar surface area (TPSA) is 78.9 Å². The fraction of sp³-hybridized carbons (Fsp3) is 0.375. The van der Waals surface area contributed by atoms with E-state index in [0.717, 1.165) is 5.56 Å². The highest BCUT2D eigenvalue weighted by atomic mass is 16.5. The van der Waals surface area contributed by atoms with Gasteiger partial charge in [0, 0.05) is 25.7 Å². The Morgan fingerprint density at radius 1 is 1.45 bits per heavy atom. The van der Waals surface area contributed by atoms with Gasteiger partial charge in [-0.15, -0.1) is 0 Å². The van der Waals surface area contributed by atoms with Gasteiger partial charge in [-0.3, -0.25) is 4.79 Å². The van der Waals surface area contributed by atoms with Gasteiger partial charge in [-0.05, 0) is 6.07 Å². The molecule has 2 amide bonds. The summed E-state index contributed by atoms with van der Waals surface area (Å²) in [5.74, 6) is -0.856. The number of urea groups is 1. The third kappa shape index (κ3) is 5.47. The summed E-state index contributed by atoms with van der Waals surface area (Å²) in [4.78, 5) is 24.1. The largest absolute Gasteiger partial charge is 0.489 e. The van der Waals surface area contributed by atoms with E-state index >= 15 is 0 Å². The van der Waals surface area contributed by atoms with Crippen LogP contribution < -0.4 is 10.1 Å². The van der Waals surface area contributed by atoms with Gasteiger partial charge in [0.2, 0.25) is 0 Å². The van der Waals surface area contributed by atoms with Crippen LogP contribution in [-0.4, -0.2) is 42.2 Å². The van der Waals surface area contributed by atoms with E-state index in [1.54, 1.807) is 20.0 Å². The van der Waals surface area contributed by atoms with E-state index in [-0.39, 0.29) is 12.6 Å². The van der Waals surface area contributed by atoms with Crippen LogP contribution in [0, 0.1) is 5.92 Å². The first-order valence-electron chi connectivity index (χ1n) is 6.99. The van der Waals surface area contributed by atoms with Crippen LogP contribution in [0.5, 0.6) is 5.75 Å². The molecule has 0 aliphatic rings. The van der Waals surface area contributed by atoms with E-state index < -0.39 is 11.9 Å². The second-order valence-corrected chi connectivity index (χ2v) is 4.99. The maximum atomic E-state index is 12.0. The molecule has 0 saturated heterocycles. The summed E-state index contributed by atoms with van der Waals surface area (Å²) in [5.41, 5.74) is 0.845. The van der Waals surface area contributed by atoms with Crippen LogP contribution in [-0.2, 0) is 11.3 Å². The molecule has 1 aromatic rings.